The van der Waals surface area contributed by atoms with E-state index in [4.69, 9.17) is 14.4 Å². The molecule has 0 atom stereocenters. The van der Waals surface area contributed by atoms with E-state index in [2.05, 4.69) is 0 Å². The third-order valence-electron chi connectivity index (χ3n) is 1.72. The van der Waals surface area contributed by atoms with Crippen LogP contribution < -0.4 is 0 Å². The van der Waals surface area contributed by atoms with Crippen LogP contribution in [-0.2, 0) is 9.31 Å². The van der Waals surface area contributed by atoms with Gasteiger partial charge in [0.05, 0.1) is 13.2 Å². The Balaban J connectivity index is 1.97. The smallest absolute Gasteiger partial charge is 0.405 e. The summed E-state index contributed by atoms with van der Waals surface area (Å²) in [5.41, 5.74) is 0. The van der Waals surface area contributed by atoms with Gasteiger partial charge in [0.1, 0.15) is 0 Å². The van der Waals surface area contributed by atoms with Crippen molar-refractivity contribution in [1.29, 1.82) is 0 Å². The molecule has 0 aliphatic carbocycles. The third-order valence-corrected chi connectivity index (χ3v) is 1.72. The Labute approximate surface area is 73.5 Å². The first kappa shape index (κ1) is 9.77. The zero-order valence-corrected chi connectivity index (χ0v) is 7.24. The van der Waals surface area contributed by atoms with Crippen molar-refractivity contribution in [2.24, 2.45) is 0 Å². The van der Waals surface area contributed by atoms with Gasteiger partial charge >= 0.3 is 7.12 Å². The molecule has 4 heteroatoms. The van der Waals surface area contributed by atoms with Crippen LogP contribution >= 0.6 is 0 Å². The molecule has 0 aromatic carbocycles. The predicted octanol–water partition coefficient (Wildman–Crippen LogP) is 0.779. The summed E-state index contributed by atoms with van der Waals surface area (Å²) in [6.07, 6.45) is 4.94. The maximum absolute atomic E-state index is 8.50. The van der Waals surface area contributed by atoms with E-state index in [-0.39, 0.29) is 13.7 Å². The minimum atomic E-state index is -0.126. The average Bonchev–Trinajstić information content (AvgIpc) is 2.57. The molecule has 0 spiro atoms. The zero-order valence-electron chi connectivity index (χ0n) is 7.24. The molecule has 0 aromatic rings. The molecule has 0 aromatic heterocycles. The highest BCUT2D eigenvalue weighted by Gasteiger charge is 2.18. The normalized spacial score (nSPS) is 17.9. The number of rotatable bonds is 5. The molecule has 0 amide bonds. The van der Waals surface area contributed by atoms with Gasteiger partial charge in [-0.3, -0.25) is 0 Å². The van der Waals surface area contributed by atoms with Crippen molar-refractivity contribution in [3.05, 3.63) is 12.1 Å². The number of allylic oxidation sites excluding steroid dienone is 1. The Kier molecular flexibility index (Phi) is 5.07. The summed E-state index contributed by atoms with van der Waals surface area (Å²) in [4.78, 5) is 0. The highest BCUT2D eigenvalue weighted by molar-refractivity contribution is 6.51. The Morgan fingerprint density at radius 3 is 2.67 bits per heavy atom. The molecule has 1 heterocycles. The molecule has 1 N–H and O–H groups in total. The highest BCUT2D eigenvalue weighted by Crippen LogP contribution is 2.02. The fraction of sp³-hybridized carbons (Fsp3) is 0.750. The van der Waals surface area contributed by atoms with E-state index in [0.717, 1.165) is 19.3 Å². The first-order chi connectivity index (χ1) is 5.93. The molecular formula is C8H15BO3. The van der Waals surface area contributed by atoms with E-state index >= 15 is 0 Å². The molecule has 12 heavy (non-hydrogen) atoms. The van der Waals surface area contributed by atoms with Crippen LogP contribution in [0.4, 0.5) is 0 Å². The summed E-state index contributed by atoms with van der Waals surface area (Å²) in [5.74, 6) is 1.93. The number of hydrogen-bond acceptors (Lipinski definition) is 3. The lowest BCUT2D eigenvalue weighted by atomic mass is 9.90. The van der Waals surface area contributed by atoms with Crippen LogP contribution in [0.25, 0.3) is 0 Å². The summed E-state index contributed by atoms with van der Waals surface area (Å²) < 4.78 is 10.4. The van der Waals surface area contributed by atoms with E-state index in [9.17, 15) is 0 Å². The van der Waals surface area contributed by atoms with Crippen LogP contribution in [0.2, 0.25) is 0 Å². The van der Waals surface area contributed by atoms with Crippen LogP contribution in [0, 0.1) is 0 Å². The number of aliphatic hydroxyl groups excluding tert-OH is 1. The van der Waals surface area contributed by atoms with Gasteiger partial charge in [0.15, 0.2) is 0 Å². The molecule has 1 fully saturated rings. The van der Waals surface area contributed by atoms with E-state index < -0.39 is 0 Å². The first-order valence-electron chi connectivity index (χ1n) is 4.44. The molecular weight excluding hydrogens is 155 g/mol. The summed E-state index contributed by atoms with van der Waals surface area (Å²) in [6.45, 7) is 1.68. The highest BCUT2D eigenvalue weighted by atomic mass is 16.6. The summed E-state index contributed by atoms with van der Waals surface area (Å²) in [5, 5.41) is 8.50. The monoisotopic (exact) mass is 170 g/mol. The van der Waals surface area contributed by atoms with Crippen LogP contribution in [0.3, 0.4) is 0 Å². The fourth-order valence-electron chi connectivity index (χ4n) is 1.07. The molecule has 3 nitrogen and oxygen atoms in total. The van der Waals surface area contributed by atoms with Crippen molar-refractivity contribution < 1.29 is 14.4 Å². The van der Waals surface area contributed by atoms with Gasteiger partial charge in [-0.2, -0.15) is 0 Å². The zero-order chi connectivity index (χ0) is 8.65. The van der Waals surface area contributed by atoms with Crippen molar-refractivity contribution in [1.82, 2.24) is 0 Å². The summed E-state index contributed by atoms with van der Waals surface area (Å²) in [6, 6.07) is 0. The summed E-state index contributed by atoms with van der Waals surface area (Å²) >= 11 is 0. The largest absolute Gasteiger partial charge is 0.485 e. The van der Waals surface area contributed by atoms with E-state index in [1.165, 1.54) is 0 Å². The summed E-state index contributed by atoms with van der Waals surface area (Å²) in [7, 11) is -0.126. The van der Waals surface area contributed by atoms with Gasteiger partial charge in [-0.1, -0.05) is 12.1 Å². The minimum absolute atomic E-state index is 0.126. The van der Waals surface area contributed by atoms with Gasteiger partial charge in [0.2, 0.25) is 0 Å². The minimum Gasteiger partial charge on any atom is -0.405 e. The van der Waals surface area contributed by atoms with Gasteiger partial charge in [-0.25, -0.2) is 0 Å². The molecule has 0 radical (unpaired) electrons. The predicted molar refractivity (Wildman–Crippen MR) is 47.7 cm³/mol. The van der Waals surface area contributed by atoms with E-state index in [1.807, 2.05) is 12.1 Å². The number of aliphatic hydroxyl groups is 1. The second-order valence-electron chi connectivity index (χ2n) is 2.76. The molecule has 0 unspecified atom stereocenters. The van der Waals surface area contributed by atoms with Crippen LogP contribution in [0.5, 0.6) is 0 Å². The Hall–Kier alpha value is -0.315. The standard InChI is InChI=1S/C8H15BO3/c10-6-4-2-1-3-5-9-11-7-8-12-9/h3,5,10H,1-2,4,6-8H2/b5-3+. The Morgan fingerprint density at radius 2 is 2.00 bits per heavy atom. The molecule has 1 aliphatic heterocycles. The van der Waals surface area contributed by atoms with Gasteiger partial charge in [0, 0.05) is 6.61 Å². The lowest BCUT2D eigenvalue weighted by molar-refractivity contribution is 0.285. The van der Waals surface area contributed by atoms with Gasteiger partial charge in [-0.15, -0.1) is 0 Å². The maximum Gasteiger partial charge on any atom is 0.485 e. The third kappa shape index (κ3) is 3.90. The van der Waals surface area contributed by atoms with Gasteiger partial charge in [0.25, 0.3) is 0 Å². The molecule has 1 aliphatic rings. The lowest BCUT2D eigenvalue weighted by Gasteiger charge is -1.95. The Bertz CT molecular complexity index is 132. The van der Waals surface area contributed by atoms with E-state index in [1.54, 1.807) is 0 Å². The molecule has 0 bridgehead atoms. The molecule has 0 saturated carbocycles. The Morgan fingerprint density at radius 1 is 1.25 bits per heavy atom. The van der Waals surface area contributed by atoms with E-state index in [0.29, 0.717) is 13.2 Å². The van der Waals surface area contributed by atoms with Crippen molar-refractivity contribution in [2.75, 3.05) is 19.8 Å². The van der Waals surface area contributed by atoms with Crippen molar-refractivity contribution in [2.45, 2.75) is 19.3 Å². The van der Waals surface area contributed by atoms with Crippen molar-refractivity contribution >= 4 is 7.12 Å². The van der Waals surface area contributed by atoms with Crippen LogP contribution in [0.1, 0.15) is 19.3 Å². The van der Waals surface area contributed by atoms with Gasteiger partial charge < -0.3 is 14.4 Å². The maximum atomic E-state index is 8.50. The molecule has 1 rings (SSSR count). The quantitative estimate of drug-likeness (QED) is 0.489. The fourth-order valence-corrected chi connectivity index (χ4v) is 1.07. The topological polar surface area (TPSA) is 38.7 Å². The first-order valence-corrected chi connectivity index (χ1v) is 4.44. The average molecular weight is 170 g/mol. The van der Waals surface area contributed by atoms with Crippen LogP contribution in [0.15, 0.2) is 12.1 Å². The lowest BCUT2D eigenvalue weighted by Crippen LogP contribution is -2.09. The second kappa shape index (κ2) is 6.23. The van der Waals surface area contributed by atoms with Gasteiger partial charge in [-0.05, 0) is 19.3 Å². The number of hydrogen-bond donors (Lipinski definition) is 1. The molecule has 68 valence electrons. The van der Waals surface area contributed by atoms with Crippen LogP contribution in [-0.4, -0.2) is 32.0 Å². The SMILES string of the molecule is OCCCC/C=C/B1OCCO1. The molecule has 1 saturated heterocycles. The van der Waals surface area contributed by atoms with Crippen molar-refractivity contribution in [3.8, 4) is 0 Å². The second-order valence-corrected chi connectivity index (χ2v) is 2.76. The van der Waals surface area contributed by atoms with Crippen molar-refractivity contribution in [3.63, 3.8) is 0 Å². The number of unbranched alkanes of at least 4 members (excludes halogenated alkanes) is 2.